The van der Waals surface area contributed by atoms with Crippen LogP contribution < -0.4 is 0 Å². The van der Waals surface area contributed by atoms with Crippen LogP contribution in [0.4, 0.5) is 4.39 Å². The topological polar surface area (TPSA) is 29.5 Å². The lowest BCUT2D eigenvalue weighted by molar-refractivity contribution is 0.0693. The Bertz CT molecular complexity index is 658. The molecule has 0 unspecified atom stereocenters. The second-order valence-corrected chi connectivity index (χ2v) is 5.84. The first kappa shape index (κ1) is 18.1. The largest absolute Gasteiger partial charge is 0.383 e. The zero-order chi connectivity index (χ0) is 17.4. The van der Waals surface area contributed by atoms with E-state index < -0.39 is 0 Å². The van der Waals surface area contributed by atoms with Crippen LogP contribution in [0.5, 0.6) is 0 Å². The minimum atomic E-state index is -0.293. The van der Waals surface area contributed by atoms with E-state index in [0.717, 1.165) is 12.8 Å². The van der Waals surface area contributed by atoms with Crippen molar-refractivity contribution in [2.45, 2.75) is 19.8 Å². The number of ether oxygens (including phenoxy) is 1. The van der Waals surface area contributed by atoms with Gasteiger partial charge in [0.25, 0.3) is 5.91 Å². The molecule has 0 N–H and O–H groups in total. The molecule has 3 nitrogen and oxygen atoms in total. The summed E-state index contributed by atoms with van der Waals surface area (Å²) in [6, 6.07) is 14.7. The summed E-state index contributed by atoms with van der Waals surface area (Å²) in [6.07, 6.45) is 1.79. The third-order valence-corrected chi connectivity index (χ3v) is 3.99. The van der Waals surface area contributed by atoms with Crippen molar-refractivity contribution in [3.63, 3.8) is 0 Å². The molecule has 0 heterocycles. The molecule has 0 aliphatic heterocycles. The van der Waals surface area contributed by atoms with Gasteiger partial charge in [-0.05, 0) is 49.1 Å². The van der Waals surface area contributed by atoms with Crippen molar-refractivity contribution in [2.75, 3.05) is 26.8 Å². The summed E-state index contributed by atoms with van der Waals surface area (Å²) < 4.78 is 18.5. The molecule has 128 valence electrons. The number of aryl methyl sites for hydroxylation is 2. The van der Waals surface area contributed by atoms with E-state index in [2.05, 4.69) is 12.1 Å². The lowest BCUT2D eigenvalue weighted by Gasteiger charge is -2.23. The Balaban J connectivity index is 2.00. The zero-order valence-corrected chi connectivity index (χ0v) is 14.3. The Morgan fingerprint density at radius 2 is 1.88 bits per heavy atom. The monoisotopic (exact) mass is 329 g/mol. The summed E-state index contributed by atoms with van der Waals surface area (Å²) in [5.41, 5.74) is 2.26. The molecule has 2 aromatic carbocycles. The van der Waals surface area contributed by atoms with Crippen molar-refractivity contribution in [3.05, 3.63) is 71.0 Å². The third-order valence-electron chi connectivity index (χ3n) is 3.99. The highest BCUT2D eigenvalue weighted by Crippen LogP contribution is 2.13. The van der Waals surface area contributed by atoms with Gasteiger partial charge in [0.05, 0.1) is 6.61 Å². The van der Waals surface area contributed by atoms with Gasteiger partial charge >= 0.3 is 0 Å². The summed E-state index contributed by atoms with van der Waals surface area (Å²) in [6.45, 7) is 3.33. The molecule has 4 heteroatoms. The average Bonchev–Trinajstić information content (AvgIpc) is 2.60. The predicted octanol–water partition coefficient (Wildman–Crippen LogP) is 3.86. The highest BCUT2D eigenvalue weighted by molar-refractivity contribution is 5.94. The van der Waals surface area contributed by atoms with Gasteiger partial charge in [0.2, 0.25) is 0 Å². The summed E-state index contributed by atoms with van der Waals surface area (Å²) in [5, 5.41) is 0. The normalized spacial score (nSPS) is 10.6. The van der Waals surface area contributed by atoms with Gasteiger partial charge in [-0.1, -0.05) is 30.3 Å². The van der Waals surface area contributed by atoms with Crippen molar-refractivity contribution in [1.29, 1.82) is 0 Å². The van der Waals surface area contributed by atoms with Gasteiger partial charge in [-0.2, -0.15) is 0 Å². The maximum atomic E-state index is 13.4. The number of carbonyl (C=O) groups excluding carboxylic acids is 1. The number of nitrogens with zero attached hydrogens (tertiary/aromatic N) is 1. The SMILES string of the molecule is COCCN(CCCc1ccccc1)C(=O)c1ccc(F)c(C)c1. The first-order chi connectivity index (χ1) is 11.6. The van der Waals surface area contributed by atoms with Gasteiger partial charge in [-0.15, -0.1) is 0 Å². The molecule has 2 rings (SSSR count). The van der Waals surface area contributed by atoms with E-state index in [4.69, 9.17) is 4.74 Å². The van der Waals surface area contributed by atoms with Crippen molar-refractivity contribution >= 4 is 5.91 Å². The Hall–Kier alpha value is -2.20. The van der Waals surface area contributed by atoms with Crippen molar-refractivity contribution in [3.8, 4) is 0 Å². The third kappa shape index (κ3) is 5.17. The average molecular weight is 329 g/mol. The molecule has 0 spiro atoms. The lowest BCUT2D eigenvalue weighted by atomic mass is 10.1. The molecule has 2 aromatic rings. The van der Waals surface area contributed by atoms with Crippen LogP contribution in [0.25, 0.3) is 0 Å². The summed E-state index contributed by atoms with van der Waals surface area (Å²) in [5.74, 6) is -0.373. The van der Waals surface area contributed by atoms with Gasteiger partial charge in [0.15, 0.2) is 0 Å². The fourth-order valence-electron chi connectivity index (χ4n) is 2.60. The first-order valence-corrected chi connectivity index (χ1v) is 8.20. The molecule has 1 amide bonds. The van der Waals surface area contributed by atoms with Gasteiger partial charge in [0, 0.05) is 25.8 Å². The number of rotatable bonds is 8. The number of hydrogen-bond acceptors (Lipinski definition) is 2. The van der Waals surface area contributed by atoms with E-state index in [9.17, 15) is 9.18 Å². The summed E-state index contributed by atoms with van der Waals surface area (Å²) in [7, 11) is 1.62. The van der Waals surface area contributed by atoms with Crippen LogP contribution in [0.15, 0.2) is 48.5 Å². The van der Waals surface area contributed by atoms with E-state index in [1.54, 1.807) is 31.1 Å². The van der Waals surface area contributed by atoms with Crippen LogP contribution in [-0.4, -0.2) is 37.6 Å². The van der Waals surface area contributed by atoms with E-state index in [1.165, 1.54) is 11.6 Å². The van der Waals surface area contributed by atoms with Crippen molar-refractivity contribution in [1.82, 2.24) is 4.90 Å². The van der Waals surface area contributed by atoms with Crippen LogP contribution in [0.2, 0.25) is 0 Å². The molecule has 0 radical (unpaired) electrons. The lowest BCUT2D eigenvalue weighted by Crippen LogP contribution is -2.35. The maximum Gasteiger partial charge on any atom is 0.253 e. The number of methoxy groups -OCH3 is 1. The molecular formula is C20H24FNO2. The summed E-state index contributed by atoms with van der Waals surface area (Å²) in [4.78, 5) is 14.5. The Morgan fingerprint density at radius 3 is 2.54 bits per heavy atom. The number of carbonyl (C=O) groups is 1. The van der Waals surface area contributed by atoms with Gasteiger partial charge in [-0.3, -0.25) is 4.79 Å². The molecule has 24 heavy (non-hydrogen) atoms. The van der Waals surface area contributed by atoms with E-state index in [-0.39, 0.29) is 11.7 Å². The van der Waals surface area contributed by atoms with E-state index in [1.807, 2.05) is 18.2 Å². The van der Waals surface area contributed by atoms with Crippen molar-refractivity contribution in [2.24, 2.45) is 0 Å². The van der Waals surface area contributed by atoms with E-state index in [0.29, 0.717) is 30.8 Å². The standard InChI is InChI=1S/C20H24FNO2/c1-16-15-18(10-11-19(16)21)20(23)22(13-14-24-2)12-6-9-17-7-4-3-5-8-17/h3-5,7-8,10-11,15H,6,9,12-14H2,1-2H3. The minimum absolute atomic E-state index is 0.0804. The molecule has 0 aromatic heterocycles. The number of hydrogen-bond donors (Lipinski definition) is 0. The smallest absolute Gasteiger partial charge is 0.253 e. The Morgan fingerprint density at radius 1 is 1.12 bits per heavy atom. The predicted molar refractivity (Wildman–Crippen MR) is 93.7 cm³/mol. The van der Waals surface area contributed by atoms with Crippen LogP contribution >= 0.6 is 0 Å². The fourth-order valence-corrected chi connectivity index (χ4v) is 2.60. The van der Waals surface area contributed by atoms with Crippen LogP contribution in [-0.2, 0) is 11.2 Å². The summed E-state index contributed by atoms with van der Waals surface area (Å²) >= 11 is 0. The second-order valence-electron chi connectivity index (χ2n) is 5.84. The minimum Gasteiger partial charge on any atom is -0.383 e. The van der Waals surface area contributed by atoms with Crippen molar-refractivity contribution < 1.29 is 13.9 Å². The number of amides is 1. The molecule has 0 bridgehead atoms. The Kier molecular flexibility index (Phi) is 6.94. The quantitative estimate of drug-likeness (QED) is 0.736. The van der Waals surface area contributed by atoms with Gasteiger partial charge < -0.3 is 9.64 Å². The fraction of sp³-hybridized carbons (Fsp3) is 0.350. The van der Waals surface area contributed by atoms with Crippen LogP contribution in [0.3, 0.4) is 0 Å². The van der Waals surface area contributed by atoms with Crippen LogP contribution in [0.1, 0.15) is 27.9 Å². The molecule has 0 saturated carbocycles. The molecule has 0 atom stereocenters. The maximum absolute atomic E-state index is 13.4. The number of benzene rings is 2. The zero-order valence-electron chi connectivity index (χ0n) is 14.3. The second kappa shape index (κ2) is 9.18. The van der Waals surface area contributed by atoms with E-state index >= 15 is 0 Å². The number of halogens is 1. The molecule has 0 aliphatic rings. The van der Waals surface area contributed by atoms with Gasteiger partial charge in [-0.25, -0.2) is 4.39 Å². The first-order valence-electron chi connectivity index (χ1n) is 8.20. The highest BCUT2D eigenvalue weighted by Gasteiger charge is 2.16. The molecular weight excluding hydrogens is 305 g/mol. The molecule has 0 saturated heterocycles. The van der Waals surface area contributed by atoms with Crippen LogP contribution in [0, 0.1) is 12.7 Å². The molecule has 0 aliphatic carbocycles. The van der Waals surface area contributed by atoms with Gasteiger partial charge in [0.1, 0.15) is 5.82 Å². The highest BCUT2D eigenvalue weighted by atomic mass is 19.1. The Labute approximate surface area is 143 Å². The molecule has 0 fully saturated rings.